The lowest BCUT2D eigenvalue weighted by atomic mass is 9.95. The summed E-state index contributed by atoms with van der Waals surface area (Å²) in [4.78, 5) is 24.5. The number of amides is 1. The molecule has 0 aliphatic rings. The van der Waals surface area contributed by atoms with Crippen LogP contribution in [0, 0.1) is 5.92 Å². The van der Waals surface area contributed by atoms with Gasteiger partial charge >= 0.3 is 5.97 Å². The van der Waals surface area contributed by atoms with Crippen LogP contribution in [0.3, 0.4) is 0 Å². The molecule has 0 saturated carbocycles. The average molecular weight is 426 g/mol. The first-order chi connectivity index (χ1) is 14.4. The highest BCUT2D eigenvalue weighted by Crippen LogP contribution is 2.20. The summed E-state index contributed by atoms with van der Waals surface area (Å²) in [5.74, 6) is -0.490. The molecule has 31 heavy (non-hydrogen) atoms. The van der Waals surface area contributed by atoms with Crippen LogP contribution in [0.1, 0.15) is 64.2 Å². The summed E-state index contributed by atoms with van der Waals surface area (Å²) in [6.07, 6.45) is 1.19. The van der Waals surface area contributed by atoms with Crippen LogP contribution in [0.25, 0.3) is 0 Å². The zero-order chi connectivity index (χ0) is 23.2. The molecule has 168 valence electrons. The minimum absolute atomic E-state index is 0.205. The molecule has 0 radical (unpaired) electrons. The molecule has 2 aromatic rings. The predicted octanol–water partition coefficient (Wildman–Crippen LogP) is 4.98. The van der Waals surface area contributed by atoms with Gasteiger partial charge in [-0.25, -0.2) is 4.79 Å². The first-order valence-electron chi connectivity index (χ1n) is 10.8. The molecule has 0 unspecified atom stereocenters. The molecule has 5 nitrogen and oxygen atoms in total. The standard InChI is InChI=1S/C26H35NO4/c1-17(2)15-19-7-11-21(12-8-19)18(3)24(28)27-23(25(29)30)16-20-9-13-22(14-10-20)31-26(4,5)6/h7-14,17-18,23H,15-16H2,1-6H3,(H,27,28)(H,29,30)/t18-,23-/m0/s1. The van der Waals surface area contributed by atoms with Crippen LogP contribution in [0.15, 0.2) is 48.5 Å². The smallest absolute Gasteiger partial charge is 0.326 e. The summed E-state index contributed by atoms with van der Waals surface area (Å²) in [6, 6.07) is 14.3. The zero-order valence-corrected chi connectivity index (χ0v) is 19.4. The Bertz CT molecular complexity index is 864. The normalized spacial score (nSPS) is 13.5. The number of hydrogen-bond donors (Lipinski definition) is 2. The molecule has 2 atom stereocenters. The first kappa shape index (κ1) is 24.4. The van der Waals surface area contributed by atoms with Crippen molar-refractivity contribution in [3.05, 3.63) is 65.2 Å². The van der Waals surface area contributed by atoms with Crippen LogP contribution in [-0.4, -0.2) is 28.6 Å². The van der Waals surface area contributed by atoms with E-state index in [1.807, 2.05) is 69.3 Å². The van der Waals surface area contributed by atoms with E-state index in [1.54, 1.807) is 6.92 Å². The van der Waals surface area contributed by atoms with Crippen molar-refractivity contribution >= 4 is 11.9 Å². The van der Waals surface area contributed by atoms with Gasteiger partial charge in [-0.3, -0.25) is 4.79 Å². The lowest BCUT2D eigenvalue weighted by Gasteiger charge is -2.22. The van der Waals surface area contributed by atoms with Crippen molar-refractivity contribution in [2.75, 3.05) is 0 Å². The molecule has 0 aliphatic heterocycles. The second-order valence-electron chi connectivity index (χ2n) is 9.52. The van der Waals surface area contributed by atoms with Crippen LogP contribution in [0.4, 0.5) is 0 Å². The van der Waals surface area contributed by atoms with Crippen LogP contribution in [-0.2, 0) is 22.4 Å². The Morgan fingerprint density at radius 2 is 1.42 bits per heavy atom. The maximum absolute atomic E-state index is 12.7. The number of carboxylic acid groups (broad SMARTS) is 1. The number of hydrogen-bond acceptors (Lipinski definition) is 3. The van der Waals surface area contributed by atoms with Crippen molar-refractivity contribution in [2.24, 2.45) is 5.92 Å². The number of carboxylic acids is 1. The fourth-order valence-corrected chi connectivity index (χ4v) is 3.34. The third kappa shape index (κ3) is 8.08. The Morgan fingerprint density at radius 1 is 0.903 bits per heavy atom. The topological polar surface area (TPSA) is 75.6 Å². The molecule has 0 aliphatic carbocycles. The van der Waals surface area contributed by atoms with Gasteiger partial charge in [-0.1, -0.05) is 50.2 Å². The molecule has 2 N–H and O–H groups in total. The first-order valence-corrected chi connectivity index (χ1v) is 10.8. The fraction of sp³-hybridized carbons (Fsp3) is 0.462. The van der Waals surface area contributed by atoms with E-state index in [0.29, 0.717) is 5.92 Å². The van der Waals surface area contributed by atoms with E-state index in [4.69, 9.17) is 4.74 Å². The zero-order valence-electron chi connectivity index (χ0n) is 19.4. The molecule has 2 aromatic carbocycles. The lowest BCUT2D eigenvalue weighted by molar-refractivity contribution is -0.141. The van der Waals surface area contributed by atoms with Gasteiger partial charge in [0.15, 0.2) is 0 Å². The van der Waals surface area contributed by atoms with Gasteiger partial charge < -0.3 is 15.2 Å². The van der Waals surface area contributed by atoms with Crippen molar-refractivity contribution in [3.63, 3.8) is 0 Å². The summed E-state index contributed by atoms with van der Waals surface area (Å²) in [5, 5.41) is 12.3. The summed E-state index contributed by atoms with van der Waals surface area (Å²) < 4.78 is 5.80. The second kappa shape index (κ2) is 10.5. The molecule has 0 bridgehead atoms. The van der Waals surface area contributed by atoms with Gasteiger partial charge in [0.2, 0.25) is 5.91 Å². The van der Waals surface area contributed by atoms with E-state index >= 15 is 0 Å². The summed E-state index contributed by atoms with van der Waals surface area (Å²) in [7, 11) is 0. The van der Waals surface area contributed by atoms with Gasteiger partial charge in [-0.15, -0.1) is 0 Å². The Labute approximate surface area is 185 Å². The number of rotatable bonds is 9. The summed E-state index contributed by atoms with van der Waals surface area (Å²) in [6.45, 7) is 12.0. The van der Waals surface area contributed by atoms with E-state index < -0.39 is 17.9 Å². The van der Waals surface area contributed by atoms with E-state index in [-0.39, 0.29) is 17.9 Å². The molecule has 0 aromatic heterocycles. The maximum Gasteiger partial charge on any atom is 0.326 e. The lowest BCUT2D eigenvalue weighted by Crippen LogP contribution is -2.44. The highest BCUT2D eigenvalue weighted by Gasteiger charge is 2.24. The number of ether oxygens (including phenoxy) is 1. The van der Waals surface area contributed by atoms with Crippen LogP contribution < -0.4 is 10.1 Å². The molecular weight excluding hydrogens is 390 g/mol. The van der Waals surface area contributed by atoms with Crippen molar-refractivity contribution in [1.29, 1.82) is 0 Å². The molecule has 0 fully saturated rings. The maximum atomic E-state index is 12.7. The highest BCUT2D eigenvalue weighted by atomic mass is 16.5. The van der Waals surface area contributed by atoms with E-state index in [2.05, 4.69) is 19.2 Å². The third-order valence-electron chi connectivity index (χ3n) is 4.92. The van der Waals surface area contributed by atoms with E-state index in [0.717, 1.165) is 23.3 Å². The minimum Gasteiger partial charge on any atom is -0.488 e. The molecule has 1 amide bonds. The van der Waals surface area contributed by atoms with Crippen LogP contribution >= 0.6 is 0 Å². The van der Waals surface area contributed by atoms with E-state index in [1.165, 1.54) is 5.56 Å². The van der Waals surface area contributed by atoms with Crippen molar-refractivity contribution in [2.45, 2.75) is 71.9 Å². The molecule has 0 saturated heterocycles. The van der Waals surface area contributed by atoms with Gasteiger partial charge in [0.1, 0.15) is 17.4 Å². The Kier molecular flexibility index (Phi) is 8.26. The summed E-state index contributed by atoms with van der Waals surface area (Å²) >= 11 is 0. The number of carbonyl (C=O) groups is 2. The molecular formula is C26H35NO4. The van der Waals surface area contributed by atoms with Crippen LogP contribution in [0.5, 0.6) is 5.75 Å². The predicted molar refractivity (Wildman–Crippen MR) is 123 cm³/mol. The van der Waals surface area contributed by atoms with Gasteiger partial charge in [0.05, 0.1) is 5.92 Å². The molecule has 5 heteroatoms. The monoisotopic (exact) mass is 425 g/mol. The Balaban J connectivity index is 2.02. The third-order valence-corrected chi connectivity index (χ3v) is 4.92. The SMILES string of the molecule is CC(C)Cc1ccc([C@H](C)C(=O)N[C@@H](Cc2ccc(OC(C)(C)C)cc2)C(=O)O)cc1. The highest BCUT2D eigenvalue weighted by molar-refractivity contribution is 5.88. The van der Waals surface area contributed by atoms with E-state index in [9.17, 15) is 14.7 Å². The number of benzene rings is 2. The molecule has 2 rings (SSSR count). The van der Waals surface area contributed by atoms with Gasteiger partial charge in [0.25, 0.3) is 0 Å². The van der Waals surface area contributed by atoms with Crippen molar-refractivity contribution < 1.29 is 19.4 Å². The minimum atomic E-state index is -1.05. The fourth-order valence-electron chi connectivity index (χ4n) is 3.34. The number of aliphatic carboxylic acids is 1. The van der Waals surface area contributed by atoms with Gasteiger partial charge in [0, 0.05) is 6.42 Å². The number of carbonyl (C=O) groups excluding carboxylic acids is 1. The van der Waals surface area contributed by atoms with Gasteiger partial charge in [-0.05, 0) is 68.9 Å². The summed E-state index contributed by atoms with van der Waals surface area (Å²) in [5.41, 5.74) is 2.62. The van der Waals surface area contributed by atoms with Gasteiger partial charge in [-0.2, -0.15) is 0 Å². The van der Waals surface area contributed by atoms with Crippen molar-refractivity contribution in [1.82, 2.24) is 5.32 Å². The Morgan fingerprint density at radius 3 is 1.90 bits per heavy atom. The quantitative estimate of drug-likeness (QED) is 0.594. The largest absolute Gasteiger partial charge is 0.488 e. The number of nitrogens with one attached hydrogen (secondary N) is 1. The van der Waals surface area contributed by atoms with Crippen LogP contribution in [0.2, 0.25) is 0 Å². The average Bonchev–Trinajstić information content (AvgIpc) is 2.67. The Hall–Kier alpha value is -2.82. The molecule has 0 heterocycles. The second-order valence-corrected chi connectivity index (χ2v) is 9.52. The van der Waals surface area contributed by atoms with Crippen molar-refractivity contribution in [3.8, 4) is 5.75 Å². The molecule has 0 spiro atoms.